The second kappa shape index (κ2) is 5.94. The number of rotatable bonds is 4. The van der Waals surface area contributed by atoms with Gasteiger partial charge in [-0.15, -0.1) is 24.9 Å². The molecule has 0 aromatic carbocycles. The van der Waals surface area contributed by atoms with Gasteiger partial charge in [-0.05, 0) is 19.1 Å². The first-order valence-electron chi connectivity index (χ1n) is 5.30. The number of thioether (sulfide) groups is 1. The summed E-state index contributed by atoms with van der Waals surface area (Å²) < 4.78 is 38.6. The predicted molar refractivity (Wildman–Crippen MR) is 59.5 cm³/mol. The van der Waals surface area contributed by atoms with E-state index in [0.29, 0.717) is 25.9 Å². The van der Waals surface area contributed by atoms with Gasteiger partial charge in [0, 0.05) is 19.6 Å². The van der Waals surface area contributed by atoms with Crippen molar-refractivity contribution < 1.29 is 17.9 Å². The summed E-state index contributed by atoms with van der Waals surface area (Å²) in [5.41, 5.74) is 0. The van der Waals surface area contributed by atoms with Crippen LogP contribution in [0.2, 0.25) is 0 Å². The second-order valence-electron chi connectivity index (χ2n) is 3.95. The molecule has 0 saturated carbocycles. The largest absolute Gasteiger partial charge is 0.522 e. The number of hydrogen-bond donors (Lipinski definition) is 0. The van der Waals surface area contributed by atoms with Gasteiger partial charge in [0.05, 0.1) is 12.7 Å². The van der Waals surface area contributed by atoms with E-state index < -0.39 is 6.36 Å². The fraction of sp³-hybridized carbons (Fsp3) is 0.900. The molecule has 98 valence electrons. The van der Waals surface area contributed by atoms with Crippen molar-refractivity contribution in [2.45, 2.75) is 24.0 Å². The molecule has 0 aromatic heterocycles. The Balaban J connectivity index is 2.26. The summed E-state index contributed by atoms with van der Waals surface area (Å²) in [5, 5.41) is 9.05. The van der Waals surface area contributed by atoms with E-state index in [0.717, 1.165) is 0 Å². The van der Waals surface area contributed by atoms with Gasteiger partial charge in [0.1, 0.15) is 4.75 Å². The molecule has 0 aromatic rings. The van der Waals surface area contributed by atoms with E-state index in [1.165, 1.54) is 11.8 Å². The van der Waals surface area contributed by atoms with Crippen molar-refractivity contribution >= 4 is 11.8 Å². The average molecular weight is 268 g/mol. The van der Waals surface area contributed by atoms with Gasteiger partial charge in [-0.25, -0.2) is 0 Å². The van der Waals surface area contributed by atoms with Crippen molar-refractivity contribution in [3.63, 3.8) is 0 Å². The standard InChI is InChI=1S/C10H15F3N2OS/c1-17-9(8-14)2-4-15(5-3-9)6-7-16-10(11,12)13/h2-7H2,1H3. The fourth-order valence-electron chi connectivity index (χ4n) is 1.79. The third kappa shape index (κ3) is 4.74. The molecule has 0 unspecified atom stereocenters. The monoisotopic (exact) mass is 268 g/mol. The lowest BCUT2D eigenvalue weighted by molar-refractivity contribution is -0.325. The molecule has 7 heteroatoms. The highest BCUT2D eigenvalue weighted by molar-refractivity contribution is 8.00. The van der Waals surface area contributed by atoms with Gasteiger partial charge < -0.3 is 4.90 Å². The van der Waals surface area contributed by atoms with E-state index in [4.69, 9.17) is 5.26 Å². The van der Waals surface area contributed by atoms with E-state index in [9.17, 15) is 13.2 Å². The first kappa shape index (κ1) is 14.6. The molecule has 0 spiro atoms. The van der Waals surface area contributed by atoms with Gasteiger partial charge in [-0.1, -0.05) is 0 Å². The van der Waals surface area contributed by atoms with Gasteiger partial charge in [-0.2, -0.15) is 5.26 Å². The average Bonchev–Trinajstić information content (AvgIpc) is 2.29. The summed E-state index contributed by atoms with van der Waals surface area (Å²) in [6, 6.07) is 2.29. The van der Waals surface area contributed by atoms with E-state index in [2.05, 4.69) is 10.8 Å². The van der Waals surface area contributed by atoms with E-state index in [1.807, 2.05) is 11.2 Å². The fourth-order valence-corrected chi connectivity index (χ4v) is 2.47. The quantitative estimate of drug-likeness (QED) is 0.783. The second-order valence-corrected chi connectivity index (χ2v) is 5.14. The molecule has 3 nitrogen and oxygen atoms in total. The van der Waals surface area contributed by atoms with Crippen molar-refractivity contribution in [2.75, 3.05) is 32.5 Å². The molecule has 0 N–H and O–H groups in total. The van der Waals surface area contributed by atoms with Crippen LogP contribution in [0.4, 0.5) is 13.2 Å². The topological polar surface area (TPSA) is 36.3 Å². The number of ether oxygens (including phenoxy) is 1. The summed E-state index contributed by atoms with van der Waals surface area (Å²) >= 11 is 1.52. The van der Waals surface area contributed by atoms with Crippen molar-refractivity contribution in [3.05, 3.63) is 0 Å². The number of hydrogen-bond acceptors (Lipinski definition) is 4. The molecule has 0 bridgehead atoms. The van der Waals surface area contributed by atoms with E-state index in [1.54, 1.807) is 0 Å². The highest BCUT2D eigenvalue weighted by Gasteiger charge is 2.34. The molecule has 0 atom stereocenters. The molecule has 1 fully saturated rings. The molecule has 0 aliphatic carbocycles. The zero-order valence-electron chi connectivity index (χ0n) is 9.59. The summed E-state index contributed by atoms with van der Waals surface area (Å²) in [4.78, 5) is 1.90. The smallest absolute Gasteiger partial charge is 0.301 e. The number of likely N-dealkylation sites (tertiary alicyclic amines) is 1. The summed E-state index contributed by atoms with van der Waals surface area (Å²) in [5.74, 6) is 0. The Kier molecular flexibility index (Phi) is 5.10. The lowest BCUT2D eigenvalue weighted by Gasteiger charge is -2.36. The van der Waals surface area contributed by atoms with Gasteiger partial charge in [0.25, 0.3) is 0 Å². The minimum absolute atomic E-state index is 0.259. The minimum Gasteiger partial charge on any atom is -0.301 e. The third-order valence-electron chi connectivity index (χ3n) is 2.93. The van der Waals surface area contributed by atoms with Crippen LogP contribution < -0.4 is 0 Å². The van der Waals surface area contributed by atoms with E-state index in [-0.39, 0.29) is 17.9 Å². The van der Waals surface area contributed by atoms with Crippen LogP contribution in [0.1, 0.15) is 12.8 Å². The van der Waals surface area contributed by atoms with Gasteiger partial charge >= 0.3 is 6.36 Å². The van der Waals surface area contributed by atoms with E-state index >= 15 is 0 Å². The predicted octanol–water partition coefficient (Wildman–Crippen LogP) is 2.24. The Morgan fingerprint density at radius 2 is 2.00 bits per heavy atom. The van der Waals surface area contributed by atoms with Gasteiger partial charge in [-0.3, -0.25) is 4.74 Å². The maximum atomic E-state index is 11.8. The van der Waals surface area contributed by atoms with Crippen LogP contribution in [-0.2, 0) is 4.74 Å². The molecule has 1 saturated heterocycles. The van der Waals surface area contributed by atoms with Crippen LogP contribution in [0.15, 0.2) is 0 Å². The first-order valence-corrected chi connectivity index (χ1v) is 6.53. The SMILES string of the molecule is CSC1(C#N)CCN(CCOC(F)(F)F)CC1. The van der Waals surface area contributed by atoms with Gasteiger partial charge in [0.15, 0.2) is 0 Å². The molecular weight excluding hydrogens is 253 g/mol. The van der Waals surface area contributed by atoms with Crippen LogP contribution in [0.5, 0.6) is 0 Å². The maximum Gasteiger partial charge on any atom is 0.522 e. The Morgan fingerprint density at radius 3 is 2.41 bits per heavy atom. The Hall–Kier alpha value is -0.450. The minimum atomic E-state index is -4.55. The first-order chi connectivity index (χ1) is 7.91. The van der Waals surface area contributed by atoms with Crippen molar-refractivity contribution in [1.82, 2.24) is 4.90 Å². The molecule has 1 rings (SSSR count). The summed E-state index contributed by atoms with van der Waals surface area (Å²) in [6.07, 6.45) is -1.27. The zero-order chi connectivity index (χ0) is 12.9. The zero-order valence-corrected chi connectivity index (χ0v) is 10.4. The molecule has 1 aliphatic heterocycles. The molecule has 0 radical (unpaired) electrons. The third-order valence-corrected chi connectivity index (χ3v) is 4.21. The number of nitrogens with zero attached hydrogens (tertiary/aromatic N) is 2. The van der Waals surface area contributed by atoms with Crippen LogP contribution in [0, 0.1) is 11.3 Å². The van der Waals surface area contributed by atoms with Crippen molar-refractivity contribution in [1.29, 1.82) is 5.26 Å². The normalized spacial score (nSPS) is 21.1. The Labute approximate surface area is 103 Å². The number of nitriles is 1. The maximum absolute atomic E-state index is 11.8. The van der Waals surface area contributed by atoms with Crippen LogP contribution in [0.25, 0.3) is 0 Å². The van der Waals surface area contributed by atoms with Crippen LogP contribution >= 0.6 is 11.8 Å². The lowest BCUT2D eigenvalue weighted by Crippen LogP contribution is -2.43. The highest BCUT2D eigenvalue weighted by Crippen LogP contribution is 2.33. The summed E-state index contributed by atoms with van der Waals surface area (Å²) in [6.45, 7) is 1.21. The molecule has 1 aliphatic rings. The number of halogens is 3. The van der Waals surface area contributed by atoms with Crippen molar-refractivity contribution in [3.8, 4) is 6.07 Å². The molecule has 0 amide bonds. The number of piperidine rings is 1. The summed E-state index contributed by atoms with van der Waals surface area (Å²) in [7, 11) is 0. The highest BCUT2D eigenvalue weighted by atomic mass is 32.2. The number of alkyl halides is 3. The lowest BCUT2D eigenvalue weighted by atomic mass is 9.97. The Bertz CT molecular complexity index is 282. The van der Waals surface area contributed by atoms with Crippen LogP contribution in [-0.4, -0.2) is 48.5 Å². The Morgan fingerprint density at radius 1 is 1.41 bits per heavy atom. The molecular formula is C10H15F3N2OS. The molecule has 17 heavy (non-hydrogen) atoms. The van der Waals surface area contributed by atoms with Crippen LogP contribution in [0.3, 0.4) is 0 Å². The van der Waals surface area contributed by atoms with Gasteiger partial charge in [0.2, 0.25) is 0 Å². The van der Waals surface area contributed by atoms with Crippen molar-refractivity contribution in [2.24, 2.45) is 0 Å². The molecule has 1 heterocycles.